The van der Waals surface area contributed by atoms with Crippen LogP contribution in [0.3, 0.4) is 0 Å². The van der Waals surface area contributed by atoms with Crippen molar-refractivity contribution in [3.05, 3.63) is 35.9 Å². The second-order valence-electron chi connectivity index (χ2n) is 4.90. The van der Waals surface area contributed by atoms with E-state index in [0.717, 1.165) is 5.56 Å². The molecule has 1 aliphatic rings. The second-order valence-corrected chi connectivity index (χ2v) is 4.90. The molecule has 1 amide bonds. The molecule has 0 bridgehead atoms. The summed E-state index contributed by atoms with van der Waals surface area (Å²) in [5, 5.41) is 8.92. The maximum Gasteiger partial charge on any atom is 0.308 e. The first kappa shape index (κ1) is 13.5. The Bertz CT molecular complexity index is 461. The van der Waals surface area contributed by atoms with E-state index in [1.54, 1.807) is 4.90 Å². The monoisotopic (exact) mass is 262 g/mol. The van der Waals surface area contributed by atoms with Crippen LogP contribution < -0.4 is 5.73 Å². The fraction of sp³-hybridized carbons (Fsp3) is 0.429. The maximum atomic E-state index is 12.1. The molecule has 19 heavy (non-hydrogen) atoms. The summed E-state index contributed by atoms with van der Waals surface area (Å²) in [7, 11) is 0. The van der Waals surface area contributed by atoms with Gasteiger partial charge in [0.1, 0.15) is 0 Å². The number of nitrogens with zero attached hydrogens (tertiary/aromatic N) is 1. The van der Waals surface area contributed by atoms with E-state index < -0.39 is 17.9 Å². The average molecular weight is 262 g/mol. The van der Waals surface area contributed by atoms with Gasteiger partial charge in [-0.2, -0.15) is 0 Å². The molecule has 0 radical (unpaired) electrons. The van der Waals surface area contributed by atoms with Crippen molar-refractivity contribution in [1.29, 1.82) is 0 Å². The number of rotatable bonds is 4. The standard InChI is InChI=1S/C14H18N2O3/c15-12(8-10-4-2-1-3-5-10)13(17)16-7-6-11(9-16)14(18)19/h1-5,11-12H,6-9,15H2,(H,18,19). The summed E-state index contributed by atoms with van der Waals surface area (Å²) in [6.45, 7) is 0.759. The lowest BCUT2D eigenvalue weighted by atomic mass is 10.1. The number of aliphatic carboxylic acids is 1. The number of carbonyl (C=O) groups excluding carboxylic acids is 1. The van der Waals surface area contributed by atoms with Crippen molar-refractivity contribution in [2.75, 3.05) is 13.1 Å². The second kappa shape index (κ2) is 5.84. The first-order valence-corrected chi connectivity index (χ1v) is 6.39. The molecule has 1 aromatic rings. The minimum Gasteiger partial charge on any atom is -0.481 e. The summed E-state index contributed by atoms with van der Waals surface area (Å²) in [5.41, 5.74) is 6.92. The van der Waals surface area contributed by atoms with E-state index in [1.165, 1.54) is 0 Å². The summed E-state index contributed by atoms with van der Waals surface area (Å²) in [6.07, 6.45) is 0.993. The molecule has 0 aromatic heterocycles. The molecular formula is C14H18N2O3. The van der Waals surface area contributed by atoms with E-state index in [2.05, 4.69) is 0 Å². The van der Waals surface area contributed by atoms with E-state index in [0.29, 0.717) is 19.4 Å². The Balaban J connectivity index is 1.91. The molecule has 3 N–H and O–H groups in total. The van der Waals surface area contributed by atoms with Crippen LogP contribution in [0.5, 0.6) is 0 Å². The topological polar surface area (TPSA) is 83.6 Å². The summed E-state index contributed by atoms with van der Waals surface area (Å²) < 4.78 is 0. The van der Waals surface area contributed by atoms with Crippen LogP contribution in [0.1, 0.15) is 12.0 Å². The number of carbonyl (C=O) groups is 2. The summed E-state index contributed by atoms with van der Waals surface area (Å²) in [6, 6.07) is 8.98. The van der Waals surface area contributed by atoms with E-state index in [4.69, 9.17) is 10.8 Å². The Labute approximate surface area is 112 Å². The van der Waals surface area contributed by atoms with Gasteiger partial charge in [0.15, 0.2) is 0 Å². The molecule has 1 aromatic carbocycles. The fourth-order valence-corrected chi connectivity index (χ4v) is 2.35. The molecule has 5 nitrogen and oxygen atoms in total. The van der Waals surface area contributed by atoms with Gasteiger partial charge in [0.25, 0.3) is 0 Å². The molecule has 102 valence electrons. The zero-order valence-corrected chi connectivity index (χ0v) is 10.7. The predicted octanol–water partition coefficient (Wildman–Crippen LogP) is 0.489. The SMILES string of the molecule is NC(Cc1ccccc1)C(=O)N1CCC(C(=O)O)C1. The lowest BCUT2D eigenvalue weighted by Crippen LogP contribution is -2.44. The number of carboxylic acid groups (broad SMARTS) is 1. The van der Waals surface area contributed by atoms with Crippen LogP contribution in [0, 0.1) is 5.92 Å². The van der Waals surface area contributed by atoms with Gasteiger partial charge in [-0.1, -0.05) is 30.3 Å². The van der Waals surface area contributed by atoms with Gasteiger partial charge in [-0.3, -0.25) is 9.59 Å². The minimum absolute atomic E-state index is 0.160. The number of nitrogens with two attached hydrogens (primary N) is 1. The van der Waals surface area contributed by atoms with Crippen molar-refractivity contribution < 1.29 is 14.7 Å². The zero-order valence-electron chi connectivity index (χ0n) is 10.7. The van der Waals surface area contributed by atoms with Crippen LogP contribution in [0.2, 0.25) is 0 Å². The highest BCUT2D eigenvalue weighted by Crippen LogP contribution is 2.17. The molecule has 5 heteroatoms. The molecular weight excluding hydrogens is 244 g/mol. The molecule has 0 spiro atoms. The normalized spacial score (nSPS) is 20.3. The molecule has 1 heterocycles. The number of carboxylic acids is 1. The lowest BCUT2D eigenvalue weighted by molar-refractivity contribution is -0.141. The molecule has 2 rings (SSSR count). The Morgan fingerprint density at radius 2 is 2.05 bits per heavy atom. The van der Waals surface area contributed by atoms with E-state index in [9.17, 15) is 9.59 Å². The first-order chi connectivity index (χ1) is 9.08. The van der Waals surface area contributed by atoms with E-state index in [-0.39, 0.29) is 12.5 Å². The summed E-state index contributed by atoms with van der Waals surface area (Å²) in [5.74, 6) is -1.45. The van der Waals surface area contributed by atoms with Crippen LogP contribution in [-0.4, -0.2) is 41.0 Å². The van der Waals surface area contributed by atoms with Crippen molar-refractivity contribution in [1.82, 2.24) is 4.90 Å². The number of likely N-dealkylation sites (tertiary alicyclic amines) is 1. The lowest BCUT2D eigenvalue weighted by Gasteiger charge is -2.20. The largest absolute Gasteiger partial charge is 0.481 e. The van der Waals surface area contributed by atoms with Crippen LogP contribution in [0.15, 0.2) is 30.3 Å². The van der Waals surface area contributed by atoms with Gasteiger partial charge < -0.3 is 15.7 Å². The molecule has 2 atom stereocenters. The quantitative estimate of drug-likeness (QED) is 0.827. The molecule has 1 fully saturated rings. The van der Waals surface area contributed by atoms with Gasteiger partial charge in [0, 0.05) is 13.1 Å². The van der Waals surface area contributed by atoms with Gasteiger partial charge >= 0.3 is 5.97 Å². The van der Waals surface area contributed by atoms with Crippen LogP contribution >= 0.6 is 0 Å². The Morgan fingerprint density at radius 3 is 2.63 bits per heavy atom. The minimum atomic E-state index is -0.841. The molecule has 0 saturated carbocycles. The summed E-state index contributed by atoms with van der Waals surface area (Å²) in [4.78, 5) is 24.5. The van der Waals surface area contributed by atoms with Crippen molar-refractivity contribution in [3.63, 3.8) is 0 Å². The number of amides is 1. The third-order valence-electron chi connectivity index (χ3n) is 3.46. The van der Waals surface area contributed by atoms with Crippen LogP contribution in [0.25, 0.3) is 0 Å². The predicted molar refractivity (Wildman–Crippen MR) is 70.4 cm³/mol. The zero-order chi connectivity index (χ0) is 13.8. The Morgan fingerprint density at radius 1 is 1.37 bits per heavy atom. The van der Waals surface area contributed by atoms with Crippen LogP contribution in [-0.2, 0) is 16.0 Å². The molecule has 2 unspecified atom stereocenters. The number of hydrogen-bond donors (Lipinski definition) is 2. The number of hydrogen-bond acceptors (Lipinski definition) is 3. The van der Waals surface area contributed by atoms with Crippen molar-refractivity contribution >= 4 is 11.9 Å². The Hall–Kier alpha value is -1.88. The van der Waals surface area contributed by atoms with Gasteiger partial charge in [-0.15, -0.1) is 0 Å². The smallest absolute Gasteiger partial charge is 0.308 e. The molecule has 1 aliphatic heterocycles. The fourth-order valence-electron chi connectivity index (χ4n) is 2.35. The van der Waals surface area contributed by atoms with Gasteiger partial charge in [0.2, 0.25) is 5.91 Å². The maximum absolute atomic E-state index is 12.1. The number of benzene rings is 1. The first-order valence-electron chi connectivity index (χ1n) is 6.39. The summed E-state index contributed by atoms with van der Waals surface area (Å²) >= 11 is 0. The molecule has 0 aliphatic carbocycles. The third-order valence-corrected chi connectivity index (χ3v) is 3.46. The van der Waals surface area contributed by atoms with Crippen LogP contribution in [0.4, 0.5) is 0 Å². The van der Waals surface area contributed by atoms with Crippen molar-refractivity contribution in [2.24, 2.45) is 11.7 Å². The van der Waals surface area contributed by atoms with Gasteiger partial charge in [0.05, 0.1) is 12.0 Å². The van der Waals surface area contributed by atoms with Gasteiger partial charge in [-0.05, 0) is 18.4 Å². The highest BCUT2D eigenvalue weighted by Gasteiger charge is 2.32. The average Bonchev–Trinajstić information content (AvgIpc) is 2.88. The van der Waals surface area contributed by atoms with Gasteiger partial charge in [-0.25, -0.2) is 0 Å². The molecule has 1 saturated heterocycles. The van der Waals surface area contributed by atoms with E-state index in [1.807, 2.05) is 30.3 Å². The highest BCUT2D eigenvalue weighted by molar-refractivity contribution is 5.83. The van der Waals surface area contributed by atoms with E-state index >= 15 is 0 Å². The third kappa shape index (κ3) is 3.32. The van der Waals surface area contributed by atoms with Crippen molar-refractivity contribution in [3.8, 4) is 0 Å². The van der Waals surface area contributed by atoms with Crippen molar-refractivity contribution in [2.45, 2.75) is 18.9 Å². The highest BCUT2D eigenvalue weighted by atomic mass is 16.4. The Kier molecular flexibility index (Phi) is 4.16.